The van der Waals surface area contributed by atoms with Gasteiger partial charge in [-0.2, -0.15) is 5.10 Å². The molecular formula is C11H12N6S. The molecule has 0 radical (unpaired) electrons. The van der Waals surface area contributed by atoms with Crippen LogP contribution in [0.25, 0.3) is 11.2 Å². The summed E-state index contributed by atoms with van der Waals surface area (Å²) >= 11 is 5.31. The highest BCUT2D eigenvalue weighted by Crippen LogP contribution is 2.13. The van der Waals surface area contributed by atoms with Crippen LogP contribution in [0.5, 0.6) is 0 Å². The minimum atomic E-state index is 0.524. The van der Waals surface area contributed by atoms with Crippen molar-refractivity contribution in [1.82, 2.24) is 29.3 Å². The van der Waals surface area contributed by atoms with Gasteiger partial charge in [0.05, 0.1) is 12.1 Å². The first-order valence-electron chi connectivity index (χ1n) is 5.53. The number of nitrogens with one attached hydrogen (secondary N) is 1. The van der Waals surface area contributed by atoms with Crippen molar-refractivity contribution in [3.05, 3.63) is 34.7 Å². The van der Waals surface area contributed by atoms with Crippen molar-refractivity contribution in [3.8, 4) is 0 Å². The largest absolute Gasteiger partial charge is 0.329 e. The number of rotatable bonds is 2. The highest BCUT2D eigenvalue weighted by Gasteiger charge is 2.08. The maximum Gasteiger partial charge on any atom is 0.179 e. The van der Waals surface area contributed by atoms with Crippen LogP contribution in [-0.4, -0.2) is 29.3 Å². The van der Waals surface area contributed by atoms with Crippen molar-refractivity contribution < 1.29 is 0 Å². The molecule has 0 aromatic carbocycles. The summed E-state index contributed by atoms with van der Waals surface area (Å²) in [5.74, 6) is 0.719. The fraction of sp³-hybridized carbons (Fsp3) is 0.273. The van der Waals surface area contributed by atoms with Crippen LogP contribution in [0.3, 0.4) is 0 Å². The second-order valence-corrected chi connectivity index (χ2v) is 4.62. The van der Waals surface area contributed by atoms with Crippen LogP contribution < -0.4 is 0 Å². The molecule has 1 N–H and O–H groups in total. The number of aromatic nitrogens is 6. The van der Waals surface area contributed by atoms with Crippen molar-refractivity contribution in [2.24, 2.45) is 7.05 Å². The predicted octanol–water partition coefficient (Wildman–Crippen LogP) is 1.58. The summed E-state index contributed by atoms with van der Waals surface area (Å²) in [6, 6.07) is 2.03. The third-order valence-corrected chi connectivity index (χ3v) is 3.01. The average molecular weight is 260 g/mol. The molecule has 0 fully saturated rings. The number of imidazole rings is 1. The Bertz CT molecular complexity index is 765. The molecule has 0 unspecified atom stereocenters. The Morgan fingerprint density at radius 2 is 2.22 bits per heavy atom. The first-order valence-corrected chi connectivity index (χ1v) is 5.94. The van der Waals surface area contributed by atoms with Gasteiger partial charge in [-0.05, 0) is 30.8 Å². The van der Waals surface area contributed by atoms with Crippen molar-refractivity contribution in [2.75, 3.05) is 0 Å². The Labute approximate surface area is 108 Å². The summed E-state index contributed by atoms with van der Waals surface area (Å²) in [4.78, 5) is 11.8. The van der Waals surface area contributed by atoms with Crippen LogP contribution in [0.15, 0.2) is 18.6 Å². The molecule has 7 heteroatoms. The Kier molecular flexibility index (Phi) is 2.48. The molecule has 0 atom stereocenters. The van der Waals surface area contributed by atoms with Gasteiger partial charge in [-0.1, -0.05) is 0 Å². The van der Waals surface area contributed by atoms with Gasteiger partial charge in [-0.3, -0.25) is 9.25 Å². The van der Waals surface area contributed by atoms with E-state index in [0.717, 1.165) is 22.6 Å². The lowest BCUT2D eigenvalue weighted by molar-refractivity contribution is 0.704. The normalized spacial score (nSPS) is 11.2. The topological polar surface area (TPSA) is 64.3 Å². The first kappa shape index (κ1) is 11.1. The molecule has 0 aliphatic carbocycles. The number of H-pyrrole nitrogens is 1. The number of hydrogen-bond donors (Lipinski definition) is 1. The Hall–Kier alpha value is -2.02. The number of nitrogens with zero attached hydrogens (tertiary/aromatic N) is 5. The molecule has 0 saturated heterocycles. The van der Waals surface area contributed by atoms with Crippen LogP contribution in [0.4, 0.5) is 0 Å². The van der Waals surface area contributed by atoms with E-state index < -0.39 is 0 Å². The quantitative estimate of drug-likeness (QED) is 0.710. The Morgan fingerprint density at radius 1 is 1.39 bits per heavy atom. The van der Waals surface area contributed by atoms with Gasteiger partial charge in [0, 0.05) is 13.2 Å². The van der Waals surface area contributed by atoms with Crippen molar-refractivity contribution in [3.63, 3.8) is 0 Å². The highest BCUT2D eigenvalue weighted by molar-refractivity contribution is 7.71. The number of aromatic amines is 1. The molecule has 92 valence electrons. The number of fused-ring (bicyclic) bond motifs is 1. The van der Waals surface area contributed by atoms with Gasteiger partial charge < -0.3 is 4.98 Å². The van der Waals surface area contributed by atoms with E-state index in [9.17, 15) is 0 Å². The molecule has 6 nitrogen and oxygen atoms in total. The van der Waals surface area contributed by atoms with E-state index in [-0.39, 0.29) is 0 Å². The first-order chi connectivity index (χ1) is 8.63. The maximum absolute atomic E-state index is 5.31. The Morgan fingerprint density at radius 3 is 2.94 bits per heavy atom. The zero-order valence-electron chi connectivity index (χ0n) is 10.1. The van der Waals surface area contributed by atoms with Crippen molar-refractivity contribution >= 4 is 23.4 Å². The summed E-state index contributed by atoms with van der Waals surface area (Å²) in [5.41, 5.74) is 2.87. The van der Waals surface area contributed by atoms with E-state index >= 15 is 0 Å². The molecule has 0 saturated carbocycles. The second-order valence-electron chi connectivity index (χ2n) is 4.23. The Balaban J connectivity index is 2.11. The summed E-state index contributed by atoms with van der Waals surface area (Å²) in [6.45, 7) is 2.52. The fourth-order valence-electron chi connectivity index (χ4n) is 1.89. The van der Waals surface area contributed by atoms with Crippen LogP contribution in [0, 0.1) is 11.7 Å². The molecule has 3 heterocycles. The van der Waals surface area contributed by atoms with Gasteiger partial charge in [0.25, 0.3) is 0 Å². The van der Waals surface area contributed by atoms with Crippen LogP contribution in [0.1, 0.15) is 11.4 Å². The molecule has 3 aromatic rings. The highest BCUT2D eigenvalue weighted by atomic mass is 32.1. The SMILES string of the molecule is Cc1cnc2c(c1)[nH]c(=S)n2Cc1ncn(C)n1. The van der Waals surface area contributed by atoms with Crippen LogP contribution in [-0.2, 0) is 13.6 Å². The average Bonchev–Trinajstić information content (AvgIpc) is 2.84. The number of pyridine rings is 1. The lowest BCUT2D eigenvalue weighted by atomic mass is 10.3. The maximum atomic E-state index is 5.31. The van der Waals surface area contributed by atoms with Gasteiger partial charge in [0.15, 0.2) is 16.2 Å². The minimum absolute atomic E-state index is 0.524. The lowest BCUT2D eigenvalue weighted by Gasteiger charge is -2.00. The summed E-state index contributed by atoms with van der Waals surface area (Å²) < 4.78 is 4.21. The van der Waals surface area contributed by atoms with E-state index in [0.29, 0.717) is 11.3 Å². The van der Waals surface area contributed by atoms with Gasteiger partial charge >= 0.3 is 0 Å². The van der Waals surface area contributed by atoms with Gasteiger partial charge in [0.1, 0.15) is 6.33 Å². The van der Waals surface area contributed by atoms with E-state index in [1.54, 1.807) is 11.0 Å². The number of hydrogen-bond acceptors (Lipinski definition) is 4. The molecule has 0 spiro atoms. The monoisotopic (exact) mass is 260 g/mol. The smallest absolute Gasteiger partial charge is 0.179 e. The zero-order chi connectivity index (χ0) is 12.7. The van der Waals surface area contributed by atoms with E-state index in [1.807, 2.05) is 30.8 Å². The van der Waals surface area contributed by atoms with E-state index in [2.05, 4.69) is 20.1 Å². The van der Waals surface area contributed by atoms with Crippen LogP contribution >= 0.6 is 12.2 Å². The predicted molar refractivity (Wildman–Crippen MR) is 69.8 cm³/mol. The molecule has 18 heavy (non-hydrogen) atoms. The third-order valence-electron chi connectivity index (χ3n) is 2.69. The fourth-order valence-corrected chi connectivity index (χ4v) is 2.15. The van der Waals surface area contributed by atoms with Crippen molar-refractivity contribution in [1.29, 1.82) is 0 Å². The molecule has 0 bridgehead atoms. The van der Waals surface area contributed by atoms with Crippen LogP contribution in [0.2, 0.25) is 0 Å². The second kappa shape index (κ2) is 4.02. The molecule has 0 amide bonds. The summed E-state index contributed by atoms with van der Waals surface area (Å²) in [7, 11) is 1.84. The molecule has 0 aliphatic heterocycles. The summed E-state index contributed by atoms with van der Waals surface area (Å²) in [6.07, 6.45) is 3.50. The molecule has 3 rings (SSSR count). The zero-order valence-corrected chi connectivity index (χ0v) is 10.9. The van der Waals surface area contributed by atoms with E-state index in [1.165, 1.54) is 0 Å². The van der Waals surface area contributed by atoms with Gasteiger partial charge in [0.2, 0.25) is 0 Å². The van der Waals surface area contributed by atoms with Gasteiger partial charge in [-0.25, -0.2) is 9.97 Å². The molecule has 0 aliphatic rings. The lowest BCUT2D eigenvalue weighted by Crippen LogP contribution is -2.03. The minimum Gasteiger partial charge on any atom is -0.329 e. The van der Waals surface area contributed by atoms with Gasteiger partial charge in [-0.15, -0.1) is 0 Å². The summed E-state index contributed by atoms with van der Waals surface area (Å²) in [5, 5.41) is 4.25. The molecular weight excluding hydrogens is 248 g/mol. The standard InChI is InChI=1S/C11H12N6S/c1-7-3-8-10(12-4-7)17(11(18)14-8)5-9-13-6-16(2)15-9/h3-4,6H,5H2,1-2H3,(H,14,18). The van der Waals surface area contributed by atoms with E-state index in [4.69, 9.17) is 12.2 Å². The third kappa shape index (κ3) is 1.82. The number of aryl methyl sites for hydroxylation is 2. The molecule has 3 aromatic heterocycles. The van der Waals surface area contributed by atoms with Crippen molar-refractivity contribution in [2.45, 2.75) is 13.5 Å².